The maximum Gasteiger partial charge on any atom is 0.241 e. The Kier molecular flexibility index (Phi) is 6.44. The number of nitrogens with zero attached hydrogens (tertiary/aromatic N) is 3. The van der Waals surface area contributed by atoms with E-state index in [-0.39, 0.29) is 17.9 Å². The molecule has 0 aliphatic carbocycles. The molecule has 2 aromatic heterocycles. The highest BCUT2D eigenvalue weighted by atomic mass is 32.1. The Hall–Kier alpha value is -2.71. The lowest BCUT2D eigenvalue weighted by Crippen LogP contribution is -2.37. The summed E-state index contributed by atoms with van der Waals surface area (Å²) in [6.07, 6.45) is 1.65. The standard InChI is InChI=1S/C22H26N4O3S/c1-15(2)28-18-7-4-3-6-17(18)23-22(27)16-9-11-26(12-10-16)14-20-24-21(25-29-20)19-8-5-13-30-19/h3-8,13,15-16H,9-12,14H2,1-2H3,(H,23,27). The molecule has 1 aromatic carbocycles. The Morgan fingerprint density at radius 2 is 2.07 bits per heavy atom. The molecular formula is C22H26N4O3S. The van der Waals surface area contributed by atoms with Crippen LogP contribution in [0.1, 0.15) is 32.6 Å². The highest BCUT2D eigenvalue weighted by molar-refractivity contribution is 7.13. The molecule has 30 heavy (non-hydrogen) atoms. The fourth-order valence-corrected chi connectivity index (χ4v) is 4.18. The number of thiophene rings is 1. The van der Waals surface area contributed by atoms with E-state index in [9.17, 15) is 4.79 Å². The van der Waals surface area contributed by atoms with Crippen molar-refractivity contribution in [1.82, 2.24) is 15.0 Å². The molecule has 7 nitrogen and oxygen atoms in total. The van der Waals surface area contributed by atoms with Gasteiger partial charge < -0.3 is 14.6 Å². The second kappa shape index (κ2) is 9.40. The van der Waals surface area contributed by atoms with Crippen molar-refractivity contribution in [3.63, 3.8) is 0 Å². The average molecular weight is 427 g/mol. The first-order valence-electron chi connectivity index (χ1n) is 10.2. The van der Waals surface area contributed by atoms with Gasteiger partial charge in [-0.1, -0.05) is 23.4 Å². The van der Waals surface area contributed by atoms with Crippen molar-refractivity contribution in [1.29, 1.82) is 0 Å². The van der Waals surface area contributed by atoms with Gasteiger partial charge in [0.15, 0.2) is 0 Å². The SMILES string of the molecule is CC(C)Oc1ccccc1NC(=O)C1CCN(Cc2nc(-c3cccs3)no2)CC1. The van der Waals surface area contributed by atoms with Crippen LogP contribution in [0, 0.1) is 5.92 Å². The Balaban J connectivity index is 1.29. The van der Waals surface area contributed by atoms with Gasteiger partial charge in [0.1, 0.15) is 5.75 Å². The Morgan fingerprint density at radius 3 is 2.80 bits per heavy atom. The van der Waals surface area contributed by atoms with Gasteiger partial charge in [0.05, 0.1) is 23.2 Å². The van der Waals surface area contributed by atoms with Crippen LogP contribution in [-0.2, 0) is 11.3 Å². The van der Waals surface area contributed by atoms with Gasteiger partial charge in [0, 0.05) is 5.92 Å². The average Bonchev–Trinajstić information content (AvgIpc) is 3.41. The zero-order valence-electron chi connectivity index (χ0n) is 17.2. The van der Waals surface area contributed by atoms with Crippen LogP contribution in [0.4, 0.5) is 5.69 Å². The van der Waals surface area contributed by atoms with Crippen molar-refractivity contribution >= 4 is 22.9 Å². The molecule has 0 saturated carbocycles. The molecule has 1 fully saturated rings. The predicted molar refractivity (Wildman–Crippen MR) is 116 cm³/mol. The first-order chi connectivity index (χ1) is 14.6. The number of carbonyl (C=O) groups is 1. The number of rotatable bonds is 7. The molecule has 1 aliphatic rings. The smallest absolute Gasteiger partial charge is 0.241 e. The molecule has 0 atom stereocenters. The van der Waals surface area contributed by atoms with Crippen LogP contribution < -0.4 is 10.1 Å². The van der Waals surface area contributed by atoms with Crippen LogP contribution >= 0.6 is 11.3 Å². The number of benzene rings is 1. The van der Waals surface area contributed by atoms with Crippen molar-refractivity contribution in [2.24, 2.45) is 5.92 Å². The van der Waals surface area contributed by atoms with Crippen LogP contribution in [0.15, 0.2) is 46.3 Å². The Morgan fingerprint density at radius 1 is 1.27 bits per heavy atom. The summed E-state index contributed by atoms with van der Waals surface area (Å²) >= 11 is 1.59. The quantitative estimate of drug-likeness (QED) is 0.602. The molecular weight excluding hydrogens is 400 g/mol. The summed E-state index contributed by atoms with van der Waals surface area (Å²) in [6, 6.07) is 11.5. The molecule has 4 rings (SSSR count). The van der Waals surface area contributed by atoms with Crippen molar-refractivity contribution in [2.45, 2.75) is 39.3 Å². The van der Waals surface area contributed by atoms with E-state index in [0.717, 1.165) is 36.5 Å². The number of likely N-dealkylation sites (tertiary alicyclic amines) is 1. The number of hydrogen-bond acceptors (Lipinski definition) is 7. The molecule has 158 valence electrons. The van der Waals surface area contributed by atoms with Crippen LogP contribution in [0.25, 0.3) is 10.7 Å². The van der Waals surface area contributed by atoms with Gasteiger partial charge in [-0.2, -0.15) is 4.98 Å². The normalized spacial score (nSPS) is 15.4. The van der Waals surface area contributed by atoms with Crippen LogP contribution in [0.5, 0.6) is 5.75 Å². The maximum absolute atomic E-state index is 12.8. The third kappa shape index (κ3) is 5.06. The Labute approximate surface area is 180 Å². The molecule has 0 radical (unpaired) electrons. The topological polar surface area (TPSA) is 80.5 Å². The molecule has 1 aliphatic heterocycles. The highest BCUT2D eigenvalue weighted by Gasteiger charge is 2.26. The van der Waals surface area contributed by atoms with Gasteiger partial charge in [0.2, 0.25) is 17.6 Å². The molecule has 1 amide bonds. The number of amides is 1. The zero-order valence-corrected chi connectivity index (χ0v) is 18.0. The number of piperidine rings is 1. The summed E-state index contributed by atoms with van der Waals surface area (Å²) in [6.45, 7) is 6.19. The number of nitrogens with one attached hydrogen (secondary N) is 1. The van der Waals surface area contributed by atoms with Crippen molar-refractivity contribution in [3.8, 4) is 16.5 Å². The second-order valence-corrected chi connectivity index (χ2v) is 8.64. The van der Waals surface area contributed by atoms with E-state index in [4.69, 9.17) is 9.26 Å². The number of ether oxygens (including phenoxy) is 1. The molecule has 1 saturated heterocycles. The molecule has 0 bridgehead atoms. The zero-order chi connectivity index (χ0) is 20.9. The molecule has 3 aromatic rings. The van der Waals surface area contributed by atoms with Crippen LogP contribution in [-0.4, -0.2) is 40.1 Å². The summed E-state index contributed by atoms with van der Waals surface area (Å²) in [5.41, 5.74) is 0.727. The summed E-state index contributed by atoms with van der Waals surface area (Å²) < 4.78 is 11.2. The van der Waals surface area contributed by atoms with Gasteiger partial charge in [-0.05, 0) is 63.4 Å². The van der Waals surface area contributed by atoms with E-state index in [0.29, 0.717) is 24.0 Å². The second-order valence-electron chi connectivity index (χ2n) is 7.69. The number of hydrogen-bond donors (Lipinski definition) is 1. The van der Waals surface area contributed by atoms with Crippen LogP contribution in [0.3, 0.4) is 0 Å². The maximum atomic E-state index is 12.8. The first kappa shape index (κ1) is 20.6. The van der Waals surface area contributed by atoms with E-state index in [2.05, 4.69) is 20.4 Å². The first-order valence-corrected chi connectivity index (χ1v) is 11.1. The number of para-hydroxylation sites is 2. The molecule has 3 heterocycles. The van der Waals surface area contributed by atoms with Gasteiger partial charge in [-0.25, -0.2) is 0 Å². The highest BCUT2D eigenvalue weighted by Crippen LogP contribution is 2.27. The van der Waals surface area contributed by atoms with E-state index >= 15 is 0 Å². The molecule has 1 N–H and O–H groups in total. The van der Waals surface area contributed by atoms with Gasteiger partial charge >= 0.3 is 0 Å². The van der Waals surface area contributed by atoms with E-state index in [1.165, 1.54) is 0 Å². The van der Waals surface area contributed by atoms with Crippen LogP contribution in [0.2, 0.25) is 0 Å². The van der Waals surface area contributed by atoms with Gasteiger partial charge in [0.25, 0.3) is 0 Å². The van der Waals surface area contributed by atoms with E-state index in [1.807, 2.05) is 55.6 Å². The minimum absolute atomic E-state index is 0.0160. The number of anilines is 1. The third-order valence-corrected chi connectivity index (χ3v) is 5.90. The lowest BCUT2D eigenvalue weighted by Gasteiger charge is -2.30. The third-order valence-electron chi connectivity index (χ3n) is 5.03. The molecule has 8 heteroatoms. The largest absolute Gasteiger partial charge is 0.489 e. The monoisotopic (exact) mass is 426 g/mol. The fourth-order valence-electron chi connectivity index (χ4n) is 3.53. The van der Waals surface area contributed by atoms with Crippen molar-refractivity contribution in [3.05, 3.63) is 47.7 Å². The number of carbonyl (C=O) groups excluding carboxylic acids is 1. The number of aromatic nitrogens is 2. The van der Waals surface area contributed by atoms with Gasteiger partial charge in [-0.3, -0.25) is 9.69 Å². The fraction of sp³-hybridized carbons (Fsp3) is 0.409. The summed E-state index contributed by atoms with van der Waals surface area (Å²) in [7, 11) is 0. The van der Waals surface area contributed by atoms with E-state index in [1.54, 1.807) is 11.3 Å². The summed E-state index contributed by atoms with van der Waals surface area (Å²) in [4.78, 5) is 20.5. The molecule has 0 unspecified atom stereocenters. The lowest BCUT2D eigenvalue weighted by molar-refractivity contribution is -0.121. The van der Waals surface area contributed by atoms with Crippen molar-refractivity contribution < 1.29 is 14.1 Å². The molecule has 0 spiro atoms. The lowest BCUT2D eigenvalue weighted by atomic mass is 9.96. The minimum Gasteiger partial charge on any atom is -0.489 e. The van der Waals surface area contributed by atoms with E-state index < -0.39 is 0 Å². The summed E-state index contributed by atoms with van der Waals surface area (Å²) in [5.74, 6) is 1.98. The summed E-state index contributed by atoms with van der Waals surface area (Å²) in [5, 5.41) is 9.11. The predicted octanol–water partition coefficient (Wildman–Crippen LogP) is 4.44. The van der Waals surface area contributed by atoms with Crippen molar-refractivity contribution in [2.75, 3.05) is 18.4 Å². The minimum atomic E-state index is -0.0160. The van der Waals surface area contributed by atoms with Gasteiger partial charge in [-0.15, -0.1) is 11.3 Å². The Bertz CT molecular complexity index is 962.